The predicted molar refractivity (Wildman–Crippen MR) is 89.3 cm³/mol. The van der Waals surface area contributed by atoms with Crippen molar-refractivity contribution in [3.8, 4) is 5.75 Å². The summed E-state index contributed by atoms with van der Waals surface area (Å²) in [5.41, 5.74) is 1.65. The molecule has 1 aliphatic heterocycles. The summed E-state index contributed by atoms with van der Waals surface area (Å²) in [5, 5.41) is 3.22. The lowest BCUT2D eigenvalue weighted by atomic mass is 9.87. The molecule has 1 N–H and O–H groups in total. The second-order valence-corrected chi connectivity index (χ2v) is 6.70. The zero-order chi connectivity index (χ0) is 16.6. The van der Waals surface area contributed by atoms with E-state index in [1.807, 2.05) is 24.3 Å². The van der Waals surface area contributed by atoms with Gasteiger partial charge in [0.25, 0.3) is 5.91 Å². The molecule has 0 unspecified atom stereocenters. The zero-order valence-corrected chi connectivity index (χ0v) is 13.4. The van der Waals surface area contributed by atoms with E-state index in [2.05, 4.69) is 5.32 Å². The number of ether oxygens (including phenoxy) is 1. The number of hydrogen-bond donors (Lipinski definition) is 1. The van der Waals surface area contributed by atoms with Crippen LogP contribution < -0.4 is 10.1 Å². The zero-order valence-electron chi connectivity index (χ0n) is 13.4. The molecule has 24 heavy (non-hydrogen) atoms. The molecule has 0 bridgehead atoms. The highest BCUT2D eigenvalue weighted by Gasteiger charge is 2.40. The van der Waals surface area contributed by atoms with Crippen LogP contribution in [-0.4, -0.2) is 12.0 Å². The van der Waals surface area contributed by atoms with Crippen LogP contribution in [0.15, 0.2) is 48.5 Å². The molecule has 1 fully saturated rings. The first-order valence-electron chi connectivity index (χ1n) is 8.49. The third-order valence-electron chi connectivity index (χ3n) is 5.16. The molecule has 0 radical (unpaired) electrons. The van der Waals surface area contributed by atoms with Gasteiger partial charge < -0.3 is 10.1 Å². The van der Waals surface area contributed by atoms with Gasteiger partial charge in [-0.1, -0.05) is 43.2 Å². The summed E-state index contributed by atoms with van der Waals surface area (Å²) in [6, 6.07) is 14.3. The van der Waals surface area contributed by atoms with Gasteiger partial charge in [-0.2, -0.15) is 0 Å². The lowest BCUT2D eigenvalue weighted by Crippen LogP contribution is -2.49. The number of amides is 1. The second kappa shape index (κ2) is 5.93. The molecular formula is C20H20FNO2. The molecule has 1 aliphatic carbocycles. The Bertz CT molecular complexity index is 725. The highest BCUT2D eigenvalue weighted by Crippen LogP contribution is 2.39. The van der Waals surface area contributed by atoms with Crippen LogP contribution >= 0.6 is 0 Å². The van der Waals surface area contributed by atoms with Crippen molar-refractivity contribution in [1.29, 1.82) is 0 Å². The molecule has 4 rings (SSSR count). The number of carbonyl (C=O) groups excluding carboxylic acids is 1. The van der Waals surface area contributed by atoms with Crippen molar-refractivity contribution >= 4 is 5.91 Å². The van der Waals surface area contributed by atoms with E-state index < -0.39 is 11.6 Å². The van der Waals surface area contributed by atoms with Crippen LogP contribution in [0, 0.1) is 5.82 Å². The molecule has 1 amide bonds. The van der Waals surface area contributed by atoms with Crippen LogP contribution in [0.5, 0.6) is 5.75 Å². The molecule has 0 saturated heterocycles. The van der Waals surface area contributed by atoms with E-state index in [1.54, 1.807) is 12.1 Å². The number of benzene rings is 2. The van der Waals surface area contributed by atoms with E-state index in [0.717, 1.165) is 42.6 Å². The summed E-state index contributed by atoms with van der Waals surface area (Å²) < 4.78 is 19.1. The van der Waals surface area contributed by atoms with Gasteiger partial charge in [0.15, 0.2) is 6.10 Å². The first kappa shape index (κ1) is 15.2. The van der Waals surface area contributed by atoms with Crippen LogP contribution in [0.3, 0.4) is 0 Å². The maximum Gasteiger partial charge on any atom is 0.262 e. The lowest BCUT2D eigenvalue weighted by Gasteiger charge is -2.32. The first-order chi connectivity index (χ1) is 11.7. The molecule has 2 aromatic carbocycles. The van der Waals surface area contributed by atoms with Gasteiger partial charge in [0.1, 0.15) is 11.6 Å². The molecule has 1 heterocycles. The molecule has 3 nitrogen and oxygen atoms in total. The van der Waals surface area contributed by atoms with E-state index in [-0.39, 0.29) is 11.7 Å². The summed E-state index contributed by atoms with van der Waals surface area (Å²) in [5.74, 6) is 0.449. The van der Waals surface area contributed by atoms with Crippen molar-refractivity contribution in [3.05, 3.63) is 65.5 Å². The maximum absolute atomic E-state index is 13.3. The Morgan fingerprint density at radius 3 is 2.50 bits per heavy atom. The molecule has 124 valence electrons. The summed E-state index contributed by atoms with van der Waals surface area (Å²) in [4.78, 5) is 12.8. The number of nitrogens with one attached hydrogen (secondary N) is 1. The Morgan fingerprint density at radius 2 is 1.79 bits per heavy atom. The quantitative estimate of drug-likeness (QED) is 0.934. The average molecular weight is 325 g/mol. The van der Waals surface area contributed by atoms with E-state index in [0.29, 0.717) is 6.42 Å². The van der Waals surface area contributed by atoms with Crippen LogP contribution in [0.2, 0.25) is 0 Å². The van der Waals surface area contributed by atoms with Gasteiger partial charge in [0.05, 0.1) is 5.54 Å². The van der Waals surface area contributed by atoms with Crippen LogP contribution in [0.4, 0.5) is 4.39 Å². The van der Waals surface area contributed by atoms with Crippen molar-refractivity contribution in [2.75, 3.05) is 0 Å². The maximum atomic E-state index is 13.3. The van der Waals surface area contributed by atoms with Crippen LogP contribution in [0.1, 0.15) is 36.8 Å². The minimum Gasteiger partial charge on any atom is -0.480 e. The largest absolute Gasteiger partial charge is 0.480 e. The van der Waals surface area contributed by atoms with Gasteiger partial charge in [0.2, 0.25) is 0 Å². The number of rotatable bonds is 3. The molecule has 1 atom stereocenters. The third kappa shape index (κ3) is 2.66. The number of fused-ring (bicyclic) bond motifs is 1. The molecule has 0 aromatic heterocycles. The minimum absolute atomic E-state index is 0.0857. The molecule has 4 heteroatoms. The fourth-order valence-electron chi connectivity index (χ4n) is 3.88. The fraction of sp³-hybridized carbons (Fsp3) is 0.350. The van der Waals surface area contributed by atoms with Gasteiger partial charge in [-0.25, -0.2) is 4.39 Å². The minimum atomic E-state index is -0.486. The van der Waals surface area contributed by atoms with Crippen molar-refractivity contribution in [2.24, 2.45) is 0 Å². The van der Waals surface area contributed by atoms with Gasteiger partial charge in [0, 0.05) is 6.42 Å². The van der Waals surface area contributed by atoms with Gasteiger partial charge >= 0.3 is 0 Å². The van der Waals surface area contributed by atoms with Crippen molar-refractivity contribution in [3.63, 3.8) is 0 Å². The standard InChI is InChI=1S/C20H20FNO2/c21-16-9-7-15(8-10-16)20(11-3-4-12-20)22-19(23)18-13-14-5-1-2-6-17(14)24-18/h1-2,5-10,18H,3-4,11-13H2,(H,22,23)/t18-/m0/s1. The van der Waals surface area contributed by atoms with Crippen molar-refractivity contribution in [1.82, 2.24) is 5.32 Å². The van der Waals surface area contributed by atoms with Crippen LogP contribution in [-0.2, 0) is 16.8 Å². The summed E-state index contributed by atoms with van der Waals surface area (Å²) in [7, 11) is 0. The molecular weight excluding hydrogens is 305 g/mol. The van der Waals surface area contributed by atoms with Crippen LogP contribution in [0.25, 0.3) is 0 Å². The summed E-state index contributed by atoms with van der Waals surface area (Å²) in [6.07, 6.45) is 3.99. The normalized spacial score (nSPS) is 21.1. The third-order valence-corrected chi connectivity index (χ3v) is 5.16. The summed E-state index contributed by atoms with van der Waals surface area (Å²) in [6.45, 7) is 0. The number of carbonyl (C=O) groups is 1. The van der Waals surface area contributed by atoms with E-state index in [4.69, 9.17) is 4.74 Å². The van der Waals surface area contributed by atoms with E-state index in [1.165, 1.54) is 12.1 Å². The Kier molecular flexibility index (Phi) is 3.75. The van der Waals surface area contributed by atoms with E-state index >= 15 is 0 Å². The smallest absolute Gasteiger partial charge is 0.262 e. The monoisotopic (exact) mass is 325 g/mol. The molecule has 2 aliphatic rings. The van der Waals surface area contributed by atoms with Crippen molar-refractivity contribution in [2.45, 2.75) is 43.7 Å². The number of halogens is 1. The van der Waals surface area contributed by atoms with Gasteiger partial charge in [-0.05, 0) is 42.2 Å². The Morgan fingerprint density at radius 1 is 1.08 bits per heavy atom. The number of para-hydroxylation sites is 1. The van der Waals surface area contributed by atoms with Gasteiger partial charge in [-0.3, -0.25) is 4.79 Å². The lowest BCUT2D eigenvalue weighted by molar-refractivity contribution is -0.129. The highest BCUT2D eigenvalue weighted by molar-refractivity contribution is 5.83. The average Bonchev–Trinajstić information content (AvgIpc) is 3.22. The highest BCUT2D eigenvalue weighted by atomic mass is 19.1. The van der Waals surface area contributed by atoms with Crippen molar-refractivity contribution < 1.29 is 13.9 Å². The fourth-order valence-corrected chi connectivity index (χ4v) is 3.88. The Balaban J connectivity index is 1.54. The second-order valence-electron chi connectivity index (χ2n) is 6.70. The Labute approximate surface area is 140 Å². The summed E-state index contributed by atoms with van der Waals surface area (Å²) >= 11 is 0. The van der Waals surface area contributed by atoms with E-state index in [9.17, 15) is 9.18 Å². The molecule has 0 spiro atoms. The SMILES string of the molecule is O=C(NC1(c2ccc(F)cc2)CCCC1)[C@@H]1Cc2ccccc2O1. The topological polar surface area (TPSA) is 38.3 Å². The predicted octanol–water partition coefficient (Wildman–Crippen LogP) is 3.71. The van der Waals surface area contributed by atoms with Gasteiger partial charge in [-0.15, -0.1) is 0 Å². The molecule has 2 aromatic rings. The Hall–Kier alpha value is -2.36. The number of hydrogen-bond acceptors (Lipinski definition) is 2. The molecule has 1 saturated carbocycles. The first-order valence-corrected chi connectivity index (χ1v) is 8.49.